The van der Waals surface area contributed by atoms with Gasteiger partial charge in [-0.05, 0) is 0 Å². The standard InChI is InChI=1S/C6H2Cl2N2O2/c7-3(1-9)5(11)6(12)4(8)2-10/h3-4H. The molecular formula is C6H2Cl2N2O2. The molecule has 2 atom stereocenters. The molecule has 62 valence electrons. The third-order valence-electron chi connectivity index (χ3n) is 0.930. The van der Waals surface area contributed by atoms with Gasteiger partial charge in [-0.25, -0.2) is 0 Å². The van der Waals surface area contributed by atoms with E-state index in [1.165, 1.54) is 12.1 Å². The maximum atomic E-state index is 10.7. The summed E-state index contributed by atoms with van der Waals surface area (Å²) in [6.07, 6.45) is 0. The van der Waals surface area contributed by atoms with E-state index in [-0.39, 0.29) is 0 Å². The Balaban J connectivity index is 4.45. The molecular weight excluding hydrogens is 203 g/mol. The van der Waals surface area contributed by atoms with Crippen molar-refractivity contribution in [3.8, 4) is 12.1 Å². The molecule has 0 aromatic carbocycles. The van der Waals surface area contributed by atoms with Crippen LogP contribution in [0.3, 0.4) is 0 Å². The Morgan fingerprint density at radius 3 is 1.42 bits per heavy atom. The number of carbonyl (C=O) groups excluding carboxylic acids is 2. The van der Waals surface area contributed by atoms with E-state index in [1.54, 1.807) is 0 Å². The van der Waals surface area contributed by atoms with E-state index in [0.717, 1.165) is 0 Å². The monoisotopic (exact) mass is 204 g/mol. The summed E-state index contributed by atoms with van der Waals surface area (Å²) >= 11 is 10.2. The van der Waals surface area contributed by atoms with Gasteiger partial charge in [0.1, 0.15) is 0 Å². The van der Waals surface area contributed by atoms with Gasteiger partial charge in [-0.2, -0.15) is 10.5 Å². The SMILES string of the molecule is N#CC(Cl)C(=O)C(=O)C(Cl)C#N. The Bertz CT molecular complexity index is 259. The number of ketones is 2. The first-order valence-corrected chi connectivity index (χ1v) is 3.57. The Kier molecular flexibility index (Phi) is 4.28. The zero-order valence-electron chi connectivity index (χ0n) is 5.62. The molecule has 0 spiro atoms. The van der Waals surface area contributed by atoms with Crippen molar-refractivity contribution in [3.05, 3.63) is 0 Å². The van der Waals surface area contributed by atoms with Crippen molar-refractivity contribution < 1.29 is 9.59 Å². The van der Waals surface area contributed by atoms with E-state index in [4.69, 9.17) is 33.7 Å². The minimum Gasteiger partial charge on any atom is -0.288 e. The van der Waals surface area contributed by atoms with Gasteiger partial charge in [0.2, 0.25) is 11.6 Å². The molecule has 0 fully saturated rings. The Morgan fingerprint density at radius 2 is 1.25 bits per heavy atom. The largest absolute Gasteiger partial charge is 0.288 e. The summed E-state index contributed by atoms with van der Waals surface area (Å²) in [7, 11) is 0. The summed E-state index contributed by atoms with van der Waals surface area (Å²) in [5.74, 6) is -2.30. The van der Waals surface area contributed by atoms with Crippen molar-refractivity contribution in [2.45, 2.75) is 10.8 Å². The van der Waals surface area contributed by atoms with Crippen LogP contribution in [0.15, 0.2) is 0 Å². The second-order valence-corrected chi connectivity index (χ2v) is 2.58. The van der Waals surface area contributed by atoms with Crippen LogP contribution in [0, 0.1) is 22.7 Å². The minimum atomic E-state index is -1.56. The molecule has 2 unspecified atom stereocenters. The Morgan fingerprint density at radius 1 is 1.00 bits per heavy atom. The molecule has 0 aromatic rings. The lowest BCUT2D eigenvalue weighted by Crippen LogP contribution is -2.29. The van der Waals surface area contributed by atoms with Gasteiger partial charge in [-0.1, -0.05) is 23.2 Å². The number of rotatable bonds is 3. The summed E-state index contributed by atoms with van der Waals surface area (Å²) in [4.78, 5) is 21.5. The summed E-state index contributed by atoms with van der Waals surface area (Å²) in [6, 6.07) is 2.70. The van der Waals surface area contributed by atoms with E-state index in [2.05, 4.69) is 0 Å². The highest BCUT2D eigenvalue weighted by molar-refractivity contribution is 6.57. The van der Waals surface area contributed by atoms with Crippen LogP contribution in [0.1, 0.15) is 0 Å². The van der Waals surface area contributed by atoms with E-state index >= 15 is 0 Å². The van der Waals surface area contributed by atoms with Gasteiger partial charge in [0.25, 0.3) is 0 Å². The van der Waals surface area contributed by atoms with Gasteiger partial charge in [0, 0.05) is 0 Å². The van der Waals surface area contributed by atoms with Crippen LogP contribution in [0.25, 0.3) is 0 Å². The fourth-order valence-electron chi connectivity index (χ4n) is 0.367. The van der Waals surface area contributed by atoms with E-state index in [1.807, 2.05) is 0 Å². The van der Waals surface area contributed by atoms with Crippen LogP contribution in [0.4, 0.5) is 0 Å². The molecule has 0 saturated heterocycles. The normalized spacial score (nSPS) is 13.7. The van der Waals surface area contributed by atoms with Crippen LogP contribution < -0.4 is 0 Å². The first-order valence-electron chi connectivity index (χ1n) is 2.70. The molecule has 0 amide bonds. The van der Waals surface area contributed by atoms with E-state index in [0.29, 0.717) is 0 Å². The lowest BCUT2D eigenvalue weighted by molar-refractivity contribution is -0.135. The number of hydrogen-bond donors (Lipinski definition) is 0. The Labute approximate surface area is 78.3 Å². The fraction of sp³-hybridized carbons (Fsp3) is 0.333. The molecule has 0 radical (unpaired) electrons. The molecule has 4 nitrogen and oxygen atoms in total. The number of alkyl halides is 2. The summed E-state index contributed by atoms with van der Waals surface area (Å²) in [5, 5.41) is 13.1. The smallest absolute Gasteiger partial charge is 0.233 e. The highest BCUT2D eigenvalue weighted by Gasteiger charge is 2.28. The van der Waals surface area contributed by atoms with Crippen molar-refractivity contribution in [1.29, 1.82) is 10.5 Å². The number of nitrogens with zero attached hydrogens (tertiary/aromatic N) is 2. The van der Waals surface area contributed by atoms with Gasteiger partial charge in [0.15, 0.2) is 10.8 Å². The van der Waals surface area contributed by atoms with Gasteiger partial charge in [0.05, 0.1) is 12.1 Å². The zero-order chi connectivity index (χ0) is 9.72. The quantitative estimate of drug-likeness (QED) is 0.492. The zero-order valence-corrected chi connectivity index (χ0v) is 7.13. The lowest BCUT2D eigenvalue weighted by atomic mass is 10.1. The second kappa shape index (κ2) is 4.71. The third kappa shape index (κ3) is 2.50. The summed E-state index contributed by atoms with van der Waals surface area (Å²) < 4.78 is 0. The number of nitriles is 2. The van der Waals surface area contributed by atoms with Crippen LogP contribution in [-0.4, -0.2) is 22.3 Å². The van der Waals surface area contributed by atoms with E-state index < -0.39 is 22.3 Å². The highest BCUT2D eigenvalue weighted by Crippen LogP contribution is 2.03. The van der Waals surface area contributed by atoms with Gasteiger partial charge < -0.3 is 0 Å². The van der Waals surface area contributed by atoms with Crippen molar-refractivity contribution in [2.24, 2.45) is 0 Å². The topological polar surface area (TPSA) is 81.7 Å². The van der Waals surface area contributed by atoms with Gasteiger partial charge in [-0.3, -0.25) is 9.59 Å². The first-order chi connectivity index (χ1) is 5.54. The predicted molar refractivity (Wildman–Crippen MR) is 40.5 cm³/mol. The molecule has 0 rings (SSSR count). The van der Waals surface area contributed by atoms with Crippen molar-refractivity contribution in [3.63, 3.8) is 0 Å². The molecule has 12 heavy (non-hydrogen) atoms. The predicted octanol–water partition coefficient (Wildman–Crippen LogP) is 0.387. The lowest BCUT2D eigenvalue weighted by Gasteiger charge is -1.97. The van der Waals surface area contributed by atoms with Crippen LogP contribution in [0.5, 0.6) is 0 Å². The number of carbonyl (C=O) groups is 2. The van der Waals surface area contributed by atoms with Crippen molar-refractivity contribution in [2.75, 3.05) is 0 Å². The molecule has 0 aromatic heterocycles. The van der Waals surface area contributed by atoms with Gasteiger partial charge in [-0.15, -0.1) is 0 Å². The average molecular weight is 205 g/mol. The third-order valence-corrected chi connectivity index (χ3v) is 1.52. The number of halogens is 2. The molecule has 0 bridgehead atoms. The average Bonchev–Trinajstić information content (AvgIpc) is 2.12. The molecule has 0 aliphatic carbocycles. The van der Waals surface area contributed by atoms with Crippen molar-refractivity contribution >= 4 is 34.8 Å². The van der Waals surface area contributed by atoms with Crippen LogP contribution in [-0.2, 0) is 9.59 Å². The number of Topliss-reactive ketones (excluding diaryl/α,β-unsaturated/α-hetero) is 2. The fourth-order valence-corrected chi connectivity index (χ4v) is 0.582. The molecule has 6 heteroatoms. The highest BCUT2D eigenvalue weighted by atomic mass is 35.5. The first kappa shape index (κ1) is 10.9. The summed E-state index contributed by atoms with van der Waals surface area (Å²) in [6.45, 7) is 0. The Hall–Kier alpha value is -1.10. The number of hydrogen-bond acceptors (Lipinski definition) is 4. The van der Waals surface area contributed by atoms with Crippen LogP contribution in [0.2, 0.25) is 0 Å². The second-order valence-electron chi connectivity index (χ2n) is 1.71. The minimum absolute atomic E-state index is 1.15. The summed E-state index contributed by atoms with van der Waals surface area (Å²) in [5.41, 5.74) is 0. The maximum Gasteiger partial charge on any atom is 0.233 e. The van der Waals surface area contributed by atoms with E-state index in [9.17, 15) is 9.59 Å². The van der Waals surface area contributed by atoms with Gasteiger partial charge >= 0.3 is 0 Å². The maximum absolute atomic E-state index is 10.7. The molecule has 0 aliphatic heterocycles. The van der Waals surface area contributed by atoms with Crippen LogP contribution >= 0.6 is 23.2 Å². The molecule has 0 N–H and O–H groups in total. The van der Waals surface area contributed by atoms with Crippen molar-refractivity contribution in [1.82, 2.24) is 0 Å². The molecule has 0 aliphatic rings. The molecule has 0 heterocycles. The molecule has 0 saturated carbocycles.